The summed E-state index contributed by atoms with van der Waals surface area (Å²) in [6, 6.07) is 8.22. The third-order valence-electron chi connectivity index (χ3n) is 3.60. The van der Waals surface area contributed by atoms with Gasteiger partial charge in [0.2, 0.25) is 0 Å². The highest BCUT2D eigenvalue weighted by Gasteiger charge is 2.36. The molecule has 0 fully saturated rings. The molecule has 3 atom stereocenters. The first-order valence-corrected chi connectivity index (χ1v) is 6.06. The van der Waals surface area contributed by atoms with E-state index in [1.54, 1.807) is 7.11 Å². The van der Waals surface area contributed by atoms with E-state index in [4.69, 9.17) is 4.74 Å². The second-order valence-corrected chi connectivity index (χ2v) is 4.55. The van der Waals surface area contributed by atoms with E-state index in [0.29, 0.717) is 5.92 Å². The number of rotatable bonds is 3. The van der Waals surface area contributed by atoms with E-state index < -0.39 is 0 Å². The Labute approximate surface area is 107 Å². The summed E-state index contributed by atoms with van der Waals surface area (Å²) >= 11 is 0. The lowest BCUT2D eigenvalue weighted by atomic mass is 9.93. The van der Waals surface area contributed by atoms with Crippen LogP contribution in [-0.4, -0.2) is 20.2 Å². The molecule has 3 unspecified atom stereocenters. The van der Waals surface area contributed by atoms with Crippen molar-refractivity contribution in [1.82, 2.24) is 0 Å². The number of hydrogen-bond donors (Lipinski definition) is 0. The molecule has 0 bridgehead atoms. The number of benzene rings is 1. The number of esters is 1. The first-order chi connectivity index (χ1) is 8.69. The Balaban J connectivity index is 2.32. The molecule has 0 aromatic heterocycles. The van der Waals surface area contributed by atoms with Gasteiger partial charge in [0.1, 0.15) is 0 Å². The summed E-state index contributed by atoms with van der Waals surface area (Å²) in [7, 11) is 3.11. The lowest BCUT2D eigenvalue weighted by Gasteiger charge is -2.17. The molecule has 0 amide bonds. The Morgan fingerprint density at radius 3 is 2.50 bits per heavy atom. The van der Waals surface area contributed by atoms with Crippen LogP contribution in [0.4, 0.5) is 0 Å². The van der Waals surface area contributed by atoms with Gasteiger partial charge in [-0.05, 0) is 17.0 Å². The standard InChI is InChI=1S/C15H18O3/c1-10-11(8-9-14(16)17-2)12-6-4-5-7-13(12)15(10)18-3/h4-11,15H,1-3H3/b9-8+. The van der Waals surface area contributed by atoms with Crippen LogP contribution in [0.2, 0.25) is 0 Å². The first kappa shape index (κ1) is 12.8. The molecule has 0 heterocycles. The predicted molar refractivity (Wildman–Crippen MR) is 69.3 cm³/mol. The number of carbonyl (C=O) groups excluding carboxylic acids is 1. The Morgan fingerprint density at radius 1 is 1.22 bits per heavy atom. The summed E-state index contributed by atoms with van der Waals surface area (Å²) in [5.74, 6) is 0.194. The van der Waals surface area contributed by atoms with Gasteiger partial charge in [0.25, 0.3) is 0 Å². The second kappa shape index (κ2) is 5.36. The lowest BCUT2D eigenvalue weighted by Crippen LogP contribution is -2.09. The number of carbonyl (C=O) groups is 1. The topological polar surface area (TPSA) is 35.5 Å². The fourth-order valence-electron chi connectivity index (χ4n) is 2.70. The van der Waals surface area contributed by atoms with Gasteiger partial charge in [-0.3, -0.25) is 0 Å². The Bertz CT molecular complexity index is 465. The van der Waals surface area contributed by atoms with Gasteiger partial charge < -0.3 is 9.47 Å². The molecule has 1 aromatic rings. The zero-order chi connectivity index (χ0) is 13.1. The summed E-state index contributed by atoms with van der Waals surface area (Å²) in [6.45, 7) is 2.14. The van der Waals surface area contributed by atoms with Crippen molar-refractivity contribution in [3.8, 4) is 0 Å². The Morgan fingerprint density at radius 2 is 1.89 bits per heavy atom. The van der Waals surface area contributed by atoms with Crippen molar-refractivity contribution in [1.29, 1.82) is 0 Å². The largest absolute Gasteiger partial charge is 0.466 e. The predicted octanol–water partition coefficient (Wildman–Crippen LogP) is 2.84. The summed E-state index contributed by atoms with van der Waals surface area (Å²) in [5.41, 5.74) is 2.45. The number of ether oxygens (including phenoxy) is 2. The zero-order valence-electron chi connectivity index (χ0n) is 10.9. The minimum atomic E-state index is -0.319. The molecule has 3 nitrogen and oxygen atoms in total. The van der Waals surface area contributed by atoms with E-state index in [1.165, 1.54) is 24.3 Å². The van der Waals surface area contributed by atoms with Gasteiger partial charge >= 0.3 is 5.97 Å². The number of fused-ring (bicyclic) bond motifs is 1. The fourth-order valence-corrected chi connectivity index (χ4v) is 2.70. The summed E-state index contributed by atoms with van der Waals surface area (Å²) < 4.78 is 10.2. The maximum absolute atomic E-state index is 11.2. The first-order valence-electron chi connectivity index (χ1n) is 6.06. The van der Waals surface area contributed by atoms with E-state index >= 15 is 0 Å². The molecule has 0 saturated heterocycles. The van der Waals surface area contributed by atoms with Crippen molar-refractivity contribution >= 4 is 5.97 Å². The molecular weight excluding hydrogens is 228 g/mol. The minimum Gasteiger partial charge on any atom is -0.466 e. The lowest BCUT2D eigenvalue weighted by molar-refractivity contribution is -0.134. The maximum atomic E-state index is 11.2. The highest BCUT2D eigenvalue weighted by Crippen LogP contribution is 2.47. The Kier molecular flexibility index (Phi) is 3.82. The van der Waals surface area contributed by atoms with E-state index in [1.807, 2.05) is 18.2 Å². The fraction of sp³-hybridized carbons (Fsp3) is 0.400. The van der Waals surface area contributed by atoms with Gasteiger partial charge in [-0.25, -0.2) is 4.79 Å². The van der Waals surface area contributed by atoms with Crippen LogP contribution in [0.5, 0.6) is 0 Å². The highest BCUT2D eigenvalue weighted by molar-refractivity contribution is 5.82. The molecule has 0 spiro atoms. The molecule has 18 heavy (non-hydrogen) atoms. The maximum Gasteiger partial charge on any atom is 0.330 e. The molecule has 96 valence electrons. The average molecular weight is 246 g/mol. The SMILES string of the molecule is COC(=O)/C=C/C1c2ccccc2C(OC)C1C. The van der Waals surface area contributed by atoms with Crippen molar-refractivity contribution in [2.75, 3.05) is 14.2 Å². The second-order valence-electron chi connectivity index (χ2n) is 4.55. The molecule has 0 radical (unpaired) electrons. The van der Waals surface area contributed by atoms with Crippen LogP contribution >= 0.6 is 0 Å². The molecule has 1 aromatic carbocycles. The van der Waals surface area contributed by atoms with Crippen LogP contribution in [0.3, 0.4) is 0 Å². The molecule has 3 heteroatoms. The summed E-state index contributed by atoms with van der Waals surface area (Å²) in [4.78, 5) is 11.2. The van der Waals surface area contributed by atoms with Crippen LogP contribution in [0, 0.1) is 5.92 Å². The van der Waals surface area contributed by atoms with E-state index in [9.17, 15) is 4.79 Å². The number of allylic oxidation sites excluding steroid dienone is 1. The summed E-state index contributed by atoms with van der Waals surface area (Å²) in [5, 5.41) is 0. The molecule has 1 aliphatic carbocycles. The Hall–Kier alpha value is -1.61. The molecule has 0 N–H and O–H groups in total. The quantitative estimate of drug-likeness (QED) is 0.607. The van der Waals surface area contributed by atoms with E-state index in [0.717, 1.165) is 0 Å². The van der Waals surface area contributed by atoms with Crippen molar-refractivity contribution in [2.45, 2.75) is 18.9 Å². The highest BCUT2D eigenvalue weighted by atomic mass is 16.5. The minimum absolute atomic E-state index is 0.0912. The number of hydrogen-bond acceptors (Lipinski definition) is 3. The molecule has 0 saturated carbocycles. The van der Waals surface area contributed by atoms with Crippen molar-refractivity contribution in [3.63, 3.8) is 0 Å². The van der Waals surface area contributed by atoms with E-state index in [2.05, 4.69) is 23.8 Å². The van der Waals surface area contributed by atoms with Gasteiger partial charge in [0.15, 0.2) is 0 Å². The average Bonchev–Trinajstić information content (AvgIpc) is 2.67. The third-order valence-corrected chi connectivity index (χ3v) is 3.60. The smallest absolute Gasteiger partial charge is 0.330 e. The van der Waals surface area contributed by atoms with Crippen LogP contribution in [0.25, 0.3) is 0 Å². The van der Waals surface area contributed by atoms with Crippen molar-refractivity contribution < 1.29 is 14.3 Å². The zero-order valence-corrected chi connectivity index (χ0v) is 10.9. The number of methoxy groups -OCH3 is 2. The van der Waals surface area contributed by atoms with Crippen LogP contribution in [-0.2, 0) is 14.3 Å². The van der Waals surface area contributed by atoms with Crippen LogP contribution in [0.1, 0.15) is 30.1 Å². The van der Waals surface area contributed by atoms with Gasteiger partial charge in [0, 0.05) is 19.1 Å². The van der Waals surface area contributed by atoms with Gasteiger partial charge in [-0.2, -0.15) is 0 Å². The molecule has 1 aliphatic rings. The molecule has 2 rings (SSSR count). The molecule has 0 aliphatic heterocycles. The van der Waals surface area contributed by atoms with Crippen molar-refractivity contribution in [2.24, 2.45) is 5.92 Å². The van der Waals surface area contributed by atoms with Gasteiger partial charge in [0.05, 0.1) is 13.2 Å². The van der Waals surface area contributed by atoms with Gasteiger partial charge in [-0.1, -0.05) is 37.3 Å². The van der Waals surface area contributed by atoms with Crippen LogP contribution < -0.4 is 0 Å². The normalized spacial score (nSPS) is 26.3. The van der Waals surface area contributed by atoms with E-state index in [-0.39, 0.29) is 18.0 Å². The monoisotopic (exact) mass is 246 g/mol. The van der Waals surface area contributed by atoms with Crippen molar-refractivity contribution in [3.05, 3.63) is 47.5 Å². The van der Waals surface area contributed by atoms with Crippen LogP contribution in [0.15, 0.2) is 36.4 Å². The molecular formula is C15H18O3. The van der Waals surface area contributed by atoms with Gasteiger partial charge in [-0.15, -0.1) is 0 Å². The third kappa shape index (κ3) is 2.18. The summed E-state index contributed by atoms with van der Waals surface area (Å²) in [6.07, 6.45) is 3.50.